The summed E-state index contributed by atoms with van der Waals surface area (Å²) >= 11 is 1.63. The van der Waals surface area contributed by atoms with Crippen LogP contribution in [0.4, 0.5) is 0 Å². The zero-order valence-electron chi connectivity index (χ0n) is 10.2. The van der Waals surface area contributed by atoms with E-state index in [4.69, 9.17) is 4.52 Å². The first-order chi connectivity index (χ1) is 9.40. The molecule has 96 valence electrons. The number of imidazole rings is 1. The summed E-state index contributed by atoms with van der Waals surface area (Å²) in [6.07, 6.45) is 5.75. The van der Waals surface area contributed by atoms with Crippen molar-refractivity contribution in [1.29, 1.82) is 0 Å². The van der Waals surface area contributed by atoms with E-state index >= 15 is 0 Å². The lowest BCUT2D eigenvalue weighted by Crippen LogP contribution is -2.17. The maximum atomic E-state index is 5.44. The lowest BCUT2D eigenvalue weighted by atomic mass is 9.96. The Bertz CT molecular complexity index is 685. The second-order valence-electron chi connectivity index (χ2n) is 4.70. The highest BCUT2D eigenvalue weighted by Gasteiger charge is 2.25. The summed E-state index contributed by atoms with van der Waals surface area (Å²) in [6.45, 7) is 0.969. The average molecular weight is 272 g/mol. The molecule has 0 bridgehead atoms. The highest BCUT2D eigenvalue weighted by molar-refractivity contribution is 7.13. The lowest BCUT2D eigenvalue weighted by Gasteiger charge is -2.20. The van der Waals surface area contributed by atoms with Gasteiger partial charge < -0.3 is 9.09 Å². The predicted molar refractivity (Wildman–Crippen MR) is 70.9 cm³/mol. The Morgan fingerprint density at radius 1 is 1.42 bits per heavy atom. The summed E-state index contributed by atoms with van der Waals surface area (Å²) in [7, 11) is 0. The first-order valence-corrected chi connectivity index (χ1v) is 7.14. The molecule has 0 saturated carbocycles. The standard InChI is InChI=1S/C13H12N4OS/c1-2-11(19-5-1)12-15-13(18-16-12)9-3-4-17-8-14-7-10(17)6-9/h1-2,5,7-9H,3-4,6H2/t9-/m0/s1. The number of hydrogen-bond donors (Lipinski definition) is 0. The Kier molecular flexibility index (Phi) is 2.48. The maximum absolute atomic E-state index is 5.44. The lowest BCUT2D eigenvalue weighted by molar-refractivity contribution is 0.325. The topological polar surface area (TPSA) is 56.7 Å². The van der Waals surface area contributed by atoms with Crippen LogP contribution in [0, 0.1) is 0 Å². The Morgan fingerprint density at radius 2 is 2.42 bits per heavy atom. The maximum Gasteiger partial charge on any atom is 0.230 e. The van der Waals surface area contributed by atoms with Gasteiger partial charge in [-0.1, -0.05) is 11.2 Å². The number of rotatable bonds is 2. The van der Waals surface area contributed by atoms with Crippen LogP contribution >= 0.6 is 11.3 Å². The summed E-state index contributed by atoms with van der Waals surface area (Å²) in [5.41, 5.74) is 1.24. The second kappa shape index (κ2) is 4.31. The van der Waals surface area contributed by atoms with Gasteiger partial charge in [-0.05, 0) is 17.9 Å². The Balaban J connectivity index is 1.61. The molecule has 0 aromatic carbocycles. The van der Waals surface area contributed by atoms with Crippen LogP contribution in [0.15, 0.2) is 34.6 Å². The normalized spacial score (nSPS) is 18.4. The third-order valence-corrected chi connectivity index (χ3v) is 4.37. The van der Waals surface area contributed by atoms with E-state index in [0.29, 0.717) is 11.7 Å². The molecule has 5 nitrogen and oxygen atoms in total. The Labute approximate surface area is 113 Å². The number of hydrogen-bond acceptors (Lipinski definition) is 5. The summed E-state index contributed by atoms with van der Waals surface area (Å²) in [5, 5.41) is 6.10. The van der Waals surface area contributed by atoms with Crippen molar-refractivity contribution >= 4 is 11.3 Å². The first kappa shape index (κ1) is 10.9. The van der Waals surface area contributed by atoms with Gasteiger partial charge in [0.25, 0.3) is 0 Å². The molecule has 3 aromatic rings. The molecule has 0 N–H and O–H groups in total. The van der Waals surface area contributed by atoms with Gasteiger partial charge in [0.2, 0.25) is 11.7 Å². The molecule has 0 unspecified atom stereocenters. The number of fused-ring (bicyclic) bond motifs is 1. The molecular formula is C13H12N4OS. The van der Waals surface area contributed by atoms with E-state index in [9.17, 15) is 0 Å². The van der Waals surface area contributed by atoms with Crippen LogP contribution < -0.4 is 0 Å². The van der Waals surface area contributed by atoms with E-state index in [1.165, 1.54) is 5.69 Å². The zero-order valence-corrected chi connectivity index (χ0v) is 11.0. The summed E-state index contributed by atoms with van der Waals surface area (Å²) in [6, 6.07) is 4.00. The van der Waals surface area contributed by atoms with Gasteiger partial charge in [0, 0.05) is 30.8 Å². The van der Waals surface area contributed by atoms with Crippen LogP contribution in [0.3, 0.4) is 0 Å². The molecule has 0 fully saturated rings. The fourth-order valence-corrected chi connectivity index (χ4v) is 3.14. The molecule has 0 radical (unpaired) electrons. The van der Waals surface area contributed by atoms with Crippen LogP contribution in [0.25, 0.3) is 10.7 Å². The van der Waals surface area contributed by atoms with Gasteiger partial charge in [0.15, 0.2) is 0 Å². The van der Waals surface area contributed by atoms with Gasteiger partial charge >= 0.3 is 0 Å². The monoisotopic (exact) mass is 272 g/mol. The molecule has 1 aliphatic heterocycles. The molecule has 6 heteroatoms. The summed E-state index contributed by atoms with van der Waals surface area (Å²) in [4.78, 5) is 9.76. The van der Waals surface area contributed by atoms with E-state index in [0.717, 1.165) is 30.2 Å². The van der Waals surface area contributed by atoms with Crippen LogP contribution in [0.5, 0.6) is 0 Å². The largest absolute Gasteiger partial charge is 0.339 e. The quantitative estimate of drug-likeness (QED) is 0.719. The van der Waals surface area contributed by atoms with Crippen molar-refractivity contribution in [2.75, 3.05) is 0 Å². The van der Waals surface area contributed by atoms with E-state index in [-0.39, 0.29) is 0 Å². The van der Waals surface area contributed by atoms with E-state index < -0.39 is 0 Å². The van der Waals surface area contributed by atoms with E-state index in [2.05, 4.69) is 19.7 Å². The van der Waals surface area contributed by atoms with E-state index in [1.807, 2.05) is 30.0 Å². The molecule has 1 atom stereocenters. The van der Waals surface area contributed by atoms with Gasteiger partial charge in [0.1, 0.15) is 0 Å². The SMILES string of the molecule is c1csc(-c2noc([C@H]3CCn4cncc4C3)n2)c1. The van der Waals surface area contributed by atoms with Gasteiger partial charge in [-0.25, -0.2) is 4.98 Å². The highest BCUT2D eigenvalue weighted by Crippen LogP contribution is 2.30. The van der Waals surface area contributed by atoms with Gasteiger partial charge in [0.05, 0.1) is 11.2 Å². The zero-order chi connectivity index (χ0) is 12.7. The molecule has 3 aromatic heterocycles. The molecular weight excluding hydrogens is 260 g/mol. The first-order valence-electron chi connectivity index (χ1n) is 6.26. The van der Waals surface area contributed by atoms with Crippen molar-refractivity contribution in [2.45, 2.75) is 25.3 Å². The molecule has 19 heavy (non-hydrogen) atoms. The van der Waals surface area contributed by atoms with Crippen LogP contribution in [-0.4, -0.2) is 19.7 Å². The highest BCUT2D eigenvalue weighted by atomic mass is 32.1. The molecule has 4 rings (SSSR count). The molecule has 0 amide bonds. The van der Waals surface area contributed by atoms with Crippen LogP contribution in [0.1, 0.15) is 23.9 Å². The minimum absolute atomic E-state index is 0.311. The smallest absolute Gasteiger partial charge is 0.230 e. The predicted octanol–water partition coefficient (Wildman–Crippen LogP) is 2.72. The second-order valence-corrected chi connectivity index (χ2v) is 5.65. The molecule has 0 spiro atoms. The summed E-state index contributed by atoms with van der Waals surface area (Å²) in [5.74, 6) is 1.75. The van der Waals surface area contributed by atoms with Crippen molar-refractivity contribution < 1.29 is 4.52 Å². The third kappa shape index (κ3) is 1.88. The molecule has 0 saturated heterocycles. The van der Waals surface area contributed by atoms with Gasteiger partial charge in [-0.15, -0.1) is 11.3 Å². The number of thiophene rings is 1. The van der Waals surface area contributed by atoms with Crippen molar-refractivity contribution in [1.82, 2.24) is 19.7 Å². The van der Waals surface area contributed by atoms with Crippen molar-refractivity contribution in [3.05, 3.63) is 41.6 Å². The molecule has 1 aliphatic rings. The number of aryl methyl sites for hydroxylation is 1. The third-order valence-electron chi connectivity index (χ3n) is 3.51. The summed E-state index contributed by atoms with van der Waals surface area (Å²) < 4.78 is 7.62. The van der Waals surface area contributed by atoms with Gasteiger partial charge in [-0.2, -0.15) is 4.98 Å². The average Bonchev–Trinajstić information content (AvgIpc) is 3.18. The molecule has 0 aliphatic carbocycles. The van der Waals surface area contributed by atoms with Crippen molar-refractivity contribution in [3.8, 4) is 10.7 Å². The number of aromatic nitrogens is 4. The Morgan fingerprint density at radius 3 is 3.32 bits per heavy atom. The number of nitrogens with zero attached hydrogens (tertiary/aromatic N) is 4. The van der Waals surface area contributed by atoms with Crippen LogP contribution in [-0.2, 0) is 13.0 Å². The fraction of sp³-hybridized carbons (Fsp3) is 0.308. The van der Waals surface area contributed by atoms with Gasteiger partial charge in [-0.3, -0.25) is 0 Å². The Hall–Kier alpha value is -1.95. The van der Waals surface area contributed by atoms with Crippen LogP contribution in [0.2, 0.25) is 0 Å². The van der Waals surface area contributed by atoms with E-state index in [1.54, 1.807) is 11.3 Å². The minimum Gasteiger partial charge on any atom is -0.339 e. The fourth-order valence-electron chi connectivity index (χ4n) is 2.49. The van der Waals surface area contributed by atoms with Crippen molar-refractivity contribution in [3.63, 3.8) is 0 Å². The minimum atomic E-state index is 0.311. The van der Waals surface area contributed by atoms with Crippen molar-refractivity contribution in [2.24, 2.45) is 0 Å². The molecule has 4 heterocycles.